The van der Waals surface area contributed by atoms with E-state index in [-0.39, 0.29) is 38.8 Å². The zero-order valence-corrected chi connectivity index (χ0v) is 22.7. The topological polar surface area (TPSA) is 117 Å². The third-order valence-electron chi connectivity index (χ3n) is 5.48. The Morgan fingerprint density at radius 3 is 2.63 bits per heavy atom. The van der Waals surface area contributed by atoms with Crippen molar-refractivity contribution in [1.29, 1.82) is 5.26 Å². The number of anilines is 2. The van der Waals surface area contributed by atoms with Crippen LogP contribution >= 0.6 is 34.5 Å². The van der Waals surface area contributed by atoms with E-state index < -0.39 is 17.1 Å². The smallest absolute Gasteiger partial charge is 0.257 e. The maximum Gasteiger partial charge on any atom is 0.257 e. The van der Waals surface area contributed by atoms with Crippen molar-refractivity contribution in [2.45, 2.75) is 32.6 Å². The SMILES string of the molecule is CCC(=O)Nc1nc2ccc(Oc3cc(NC(=O)c4cccc(C(C)(C)C#N)c4Cl)c(F)cc3Cl)nc2s1. The average molecular weight is 572 g/mol. The maximum atomic E-state index is 14.7. The lowest BCUT2D eigenvalue weighted by atomic mass is 9.85. The molecule has 0 bridgehead atoms. The molecule has 0 aliphatic heterocycles. The van der Waals surface area contributed by atoms with Crippen molar-refractivity contribution in [3.05, 3.63) is 69.5 Å². The predicted molar refractivity (Wildman–Crippen MR) is 146 cm³/mol. The first-order chi connectivity index (χ1) is 18.0. The van der Waals surface area contributed by atoms with Crippen molar-refractivity contribution < 1.29 is 18.7 Å². The van der Waals surface area contributed by atoms with Crippen molar-refractivity contribution in [3.8, 4) is 17.7 Å². The number of carbonyl (C=O) groups excluding carboxylic acids is 2. The van der Waals surface area contributed by atoms with E-state index >= 15 is 0 Å². The van der Waals surface area contributed by atoms with Gasteiger partial charge in [-0.1, -0.05) is 53.6 Å². The first kappa shape index (κ1) is 27.3. The Morgan fingerprint density at radius 2 is 1.92 bits per heavy atom. The fraction of sp³-hybridized carbons (Fsp3) is 0.192. The lowest BCUT2D eigenvalue weighted by Crippen LogP contribution is -2.19. The molecular weight excluding hydrogens is 552 g/mol. The van der Waals surface area contributed by atoms with Gasteiger partial charge < -0.3 is 15.4 Å². The molecular formula is C26H20Cl2FN5O3S. The molecule has 194 valence electrons. The largest absolute Gasteiger partial charge is 0.437 e. The summed E-state index contributed by atoms with van der Waals surface area (Å²) in [5.41, 5.74) is -0.0250. The average Bonchev–Trinajstić information content (AvgIpc) is 3.28. The molecule has 0 aliphatic carbocycles. The van der Waals surface area contributed by atoms with Crippen LogP contribution in [0.5, 0.6) is 11.6 Å². The molecule has 2 N–H and O–H groups in total. The molecule has 2 amide bonds. The monoisotopic (exact) mass is 571 g/mol. The summed E-state index contributed by atoms with van der Waals surface area (Å²) in [5.74, 6) is -1.44. The normalized spacial score (nSPS) is 11.2. The number of rotatable bonds is 7. The van der Waals surface area contributed by atoms with Crippen LogP contribution < -0.4 is 15.4 Å². The molecule has 38 heavy (non-hydrogen) atoms. The van der Waals surface area contributed by atoms with Crippen molar-refractivity contribution >= 4 is 67.5 Å². The van der Waals surface area contributed by atoms with Gasteiger partial charge >= 0.3 is 0 Å². The van der Waals surface area contributed by atoms with E-state index in [1.54, 1.807) is 45.0 Å². The van der Waals surface area contributed by atoms with Crippen LogP contribution in [0.1, 0.15) is 43.1 Å². The first-order valence-corrected chi connectivity index (χ1v) is 12.9. The summed E-state index contributed by atoms with van der Waals surface area (Å²) < 4.78 is 20.5. The minimum Gasteiger partial charge on any atom is -0.437 e. The summed E-state index contributed by atoms with van der Waals surface area (Å²) in [6.07, 6.45) is 0.315. The van der Waals surface area contributed by atoms with Crippen molar-refractivity contribution in [3.63, 3.8) is 0 Å². The second kappa shape index (κ2) is 10.9. The molecule has 4 aromatic rings. The van der Waals surface area contributed by atoms with Crippen molar-refractivity contribution in [1.82, 2.24) is 9.97 Å². The molecule has 0 radical (unpaired) electrons. The molecule has 2 aromatic heterocycles. The molecule has 0 spiro atoms. The molecule has 0 saturated heterocycles. The zero-order chi connectivity index (χ0) is 27.6. The fourth-order valence-corrected chi connectivity index (χ4v) is 4.86. The number of nitrogens with zero attached hydrogens (tertiary/aromatic N) is 3. The number of fused-ring (bicyclic) bond motifs is 1. The van der Waals surface area contributed by atoms with Gasteiger partial charge in [0, 0.05) is 18.6 Å². The van der Waals surface area contributed by atoms with E-state index in [1.165, 1.54) is 23.5 Å². The number of carbonyl (C=O) groups is 2. The number of nitrogens with one attached hydrogen (secondary N) is 2. The quantitative estimate of drug-likeness (QED) is 0.240. The van der Waals surface area contributed by atoms with Crippen LogP contribution in [0.4, 0.5) is 15.2 Å². The van der Waals surface area contributed by atoms with Crippen LogP contribution in [0, 0.1) is 17.1 Å². The third kappa shape index (κ3) is 5.70. The molecule has 0 atom stereocenters. The summed E-state index contributed by atoms with van der Waals surface area (Å²) in [6.45, 7) is 5.09. The Balaban J connectivity index is 1.59. The predicted octanol–water partition coefficient (Wildman–Crippen LogP) is 7.33. The van der Waals surface area contributed by atoms with E-state index in [2.05, 4.69) is 26.7 Å². The number of amides is 2. The highest BCUT2D eigenvalue weighted by molar-refractivity contribution is 7.21. The molecule has 0 saturated carbocycles. The zero-order valence-electron chi connectivity index (χ0n) is 20.4. The van der Waals surface area contributed by atoms with Gasteiger partial charge in [0.25, 0.3) is 5.91 Å². The summed E-state index contributed by atoms with van der Waals surface area (Å²) in [7, 11) is 0. The van der Waals surface area contributed by atoms with E-state index in [0.717, 1.165) is 6.07 Å². The molecule has 0 unspecified atom stereocenters. The van der Waals surface area contributed by atoms with Gasteiger partial charge in [0.2, 0.25) is 11.8 Å². The van der Waals surface area contributed by atoms with Crippen molar-refractivity contribution in [2.24, 2.45) is 0 Å². The third-order valence-corrected chi connectivity index (χ3v) is 7.06. The van der Waals surface area contributed by atoms with Gasteiger partial charge in [-0.25, -0.2) is 14.4 Å². The summed E-state index contributed by atoms with van der Waals surface area (Å²) >= 11 is 13.8. The van der Waals surface area contributed by atoms with Crippen LogP contribution in [0.3, 0.4) is 0 Å². The highest BCUT2D eigenvalue weighted by atomic mass is 35.5. The van der Waals surface area contributed by atoms with Crippen LogP contribution in [0.2, 0.25) is 10.0 Å². The van der Waals surface area contributed by atoms with Gasteiger partial charge in [-0.05, 0) is 37.6 Å². The van der Waals surface area contributed by atoms with E-state index in [4.69, 9.17) is 27.9 Å². The number of hydrogen-bond donors (Lipinski definition) is 2. The number of nitriles is 1. The van der Waals surface area contributed by atoms with Gasteiger partial charge in [-0.3, -0.25) is 9.59 Å². The standard InChI is InChI=1S/C26H20Cl2FN5O3S/c1-4-20(35)33-25-32-17-8-9-21(34-24(17)38-25)37-19-11-18(16(29)10-15(19)27)31-23(36)13-6-5-7-14(22(13)28)26(2,3)12-30/h5-11H,4H2,1-3H3,(H,31,36)(H,32,33,35). The number of hydrogen-bond acceptors (Lipinski definition) is 7. The number of pyridine rings is 1. The molecule has 4 rings (SSSR count). The Kier molecular flexibility index (Phi) is 7.83. The summed E-state index contributed by atoms with van der Waals surface area (Å²) in [6, 6.07) is 12.3. The second-order valence-electron chi connectivity index (χ2n) is 8.62. The molecule has 0 aliphatic rings. The molecule has 8 nitrogen and oxygen atoms in total. The first-order valence-electron chi connectivity index (χ1n) is 11.3. The van der Waals surface area contributed by atoms with Crippen LogP contribution in [0.15, 0.2) is 42.5 Å². The Bertz CT molecular complexity index is 1620. The lowest BCUT2D eigenvalue weighted by Gasteiger charge is -2.19. The number of halogens is 3. The second-order valence-corrected chi connectivity index (χ2v) is 10.4. The van der Waals surface area contributed by atoms with Gasteiger partial charge in [0.1, 0.15) is 21.9 Å². The summed E-state index contributed by atoms with van der Waals surface area (Å²) in [5, 5.41) is 15.1. The van der Waals surface area contributed by atoms with Gasteiger partial charge in [0.15, 0.2) is 5.13 Å². The Hall–Kier alpha value is -3.78. The Labute approximate surface area is 231 Å². The lowest BCUT2D eigenvalue weighted by molar-refractivity contribution is -0.115. The van der Waals surface area contributed by atoms with Gasteiger partial charge in [-0.15, -0.1) is 0 Å². The number of aromatic nitrogens is 2. The van der Waals surface area contributed by atoms with Crippen LogP contribution in [-0.2, 0) is 10.2 Å². The highest BCUT2D eigenvalue weighted by Gasteiger charge is 2.26. The van der Waals surface area contributed by atoms with Crippen molar-refractivity contribution in [2.75, 3.05) is 10.6 Å². The minimum absolute atomic E-state index is 0.0431. The number of benzene rings is 2. The van der Waals surface area contributed by atoms with E-state index in [0.29, 0.717) is 27.5 Å². The minimum atomic E-state index is -0.936. The number of thiazole rings is 1. The van der Waals surface area contributed by atoms with Crippen LogP contribution in [0.25, 0.3) is 10.3 Å². The van der Waals surface area contributed by atoms with E-state index in [9.17, 15) is 19.2 Å². The molecule has 2 aromatic carbocycles. The van der Waals surface area contributed by atoms with Gasteiger partial charge in [0.05, 0.1) is 32.8 Å². The molecule has 12 heteroatoms. The van der Waals surface area contributed by atoms with Crippen LogP contribution in [-0.4, -0.2) is 21.8 Å². The highest BCUT2D eigenvalue weighted by Crippen LogP contribution is 2.36. The molecule has 2 heterocycles. The fourth-order valence-electron chi connectivity index (χ4n) is 3.37. The maximum absolute atomic E-state index is 14.7. The number of ether oxygens (including phenoxy) is 1. The van der Waals surface area contributed by atoms with E-state index in [1.807, 2.05) is 0 Å². The van der Waals surface area contributed by atoms with Gasteiger partial charge in [-0.2, -0.15) is 5.26 Å². The Morgan fingerprint density at radius 1 is 1.16 bits per heavy atom. The summed E-state index contributed by atoms with van der Waals surface area (Å²) in [4.78, 5) is 33.8. The molecule has 0 fully saturated rings.